The third-order valence-corrected chi connectivity index (χ3v) is 4.42. The maximum absolute atomic E-state index is 11.9. The molecule has 0 bridgehead atoms. The summed E-state index contributed by atoms with van der Waals surface area (Å²) < 4.78 is 6.37. The SMILES string of the molecule is CCSc1nnc(NC(=O)[C@@H]2CC[C@H](CN)O2)s1. The van der Waals surface area contributed by atoms with E-state index in [-0.39, 0.29) is 12.0 Å². The number of nitrogens with two attached hydrogens (primary N) is 1. The number of carbonyl (C=O) groups excluding carboxylic acids is 1. The van der Waals surface area contributed by atoms with Gasteiger partial charge in [-0.1, -0.05) is 30.0 Å². The number of carbonyl (C=O) groups is 1. The first-order valence-electron chi connectivity index (χ1n) is 5.85. The highest BCUT2D eigenvalue weighted by Crippen LogP contribution is 2.26. The Morgan fingerprint density at radius 1 is 1.61 bits per heavy atom. The van der Waals surface area contributed by atoms with Crippen LogP contribution in [0.1, 0.15) is 19.8 Å². The van der Waals surface area contributed by atoms with Gasteiger partial charge in [-0.15, -0.1) is 10.2 Å². The molecule has 2 rings (SSSR count). The maximum atomic E-state index is 11.9. The van der Waals surface area contributed by atoms with Crippen LogP contribution in [0, 0.1) is 0 Å². The molecule has 18 heavy (non-hydrogen) atoms. The van der Waals surface area contributed by atoms with Gasteiger partial charge >= 0.3 is 0 Å². The van der Waals surface area contributed by atoms with Gasteiger partial charge in [-0.25, -0.2) is 0 Å². The van der Waals surface area contributed by atoms with Crippen LogP contribution in [-0.4, -0.2) is 40.6 Å². The highest BCUT2D eigenvalue weighted by atomic mass is 32.2. The Balaban J connectivity index is 1.86. The van der Waals surface area contributed by atoms with Crippen molar-refractivity contribution in [1.29, 1.82) is 0 Å². The first-order valence-corrected chi connectivity index (χ1v) is 7.65. The van der Waals surface area contributed by atoms with Crippen molar-refractivity contribution in [3.05, 3.63) is 0 Å². The minimum absolute atomic E-state index is 0.00128. The zero-order valence-corrected chi connectivity index (χ0v) is 11.7. The second kappa shape index (κ2) is 6.46. The van der Waals surface area contributed by atoms with Crippen molar-refractivity contribution in [2.75, 3.05) is 17.6 Å². The third-order valence-electron chi connectivity index (χ3n) is 2.57. The average molecular weight is 288 g/mol. The number of aromatic nitrogens is 2. The minimum Gasteiger partial charge on any atom is -0.364 e. The smallest absolute Gasteiger partial charge is 0.255 e. The van der Waals surface area contributed by atoms with E-state index in [9.17, 15) is 4.79 Å². The number of hydrogen-bond acceptors (Lipinski definition) is 7. The van der Waals surface area contributed by atoms with Crippen LogP contribution in [-0.2, 0) is 9.53 Å². The summed E-state index contributed by atoms with van der Waals surface area (Å²) in [5, 5.41) is 11.2. The van der Waals surface area contributed by atoms with Crippen molar-refractivity contribution in [2.24, 2.45) is 5.73 Å². The van der Waals surface area contributed by atoms with Gasteiger partial charge in [0.2, 0.25) is 5.13 Å². The number of amides is 1. The Bertz CT molecular complexity index is 412. The molecule has 2 atom stereocenters. The Hall–Kier alpha value is -0.700. The fourth-order valence-electron chi connectivity index (χ4n) is 1.70. The molecule has 1 fully saturated rings. The maximum Gasteiger partial charge on any atom is 0.255 e. The molecule has 100 valence electrons. The molecule has 1 aromatic rings. The second-order valence-corrected chi connectivity index (χ2v) is 6.34. The van der Waals surface area contributed by atoms with Gasteiger partial charge in [-0.05, 0) is 18.6 Å². The molecule has 1 aromatic heterocycles. The largest absolute Gasteiger partial charge is 0.364 e. The van der Waals surface area contributed by atoms with Crippen molar-refractivity contribution in [3.8, 4) is 0 Å². The van der Waals surface area contributed by atoms with E-state index in [1.807, 2.05) is 6.92 Å². The van der Waals surface area contributed by atoms with Gasteiger partial charge in [0.25, 0.3) is 5.91 Å². The van der Waals surface area contributed by atoms with Crippen LogP contribution in [0.4, 0.5) is 5.13 Å². The molecule has 1 amide bonds. The van der Waals surface area contributed by atoms with Gasteiger partial charge in [0, 0.05) is 6.54 Å². The molecule has 2 heterocycles. The molecule has 0 radical (unpaired) electrons. The van der Waals surface area contributed by atoms with Crippen molar-refractivity contribution in [3.63, 3.8) is 0 Å². The standard InChI is InChI=1S/C10H16N4O2S2/c1-2-17-10-14-13-9(18-10)12-8(15)7-4-3-6(5-11)16-7/h6-7H,2-5,11H2,1H3,(H,12,13,15)/t6-,7+/m1/s1. The summed E-state index contributed by atoms with van der Waals surface area (Å²) in [5.41, 5.74) is 5.51. The number of hydrogen-bond donors (Lipinski definition) is 2. The summed E-state index contributed by atoms with van der Waals surface area (Å²) in [4.78, 5) is 11.9. The van der Waals surface area contributed by atoms with E-state index >= 15 is 0 Å². The fraction of sp³-hybridized carbons (Fsp3) is 0.700. The van der Waals surface area contributed by atoms with Crippen LogP contribution in [0.2, 0.25) is 0 Å². The Morgan fingerprint density at radius 3 is 3.11 bits per heavy atom. The van der Waals surface area contributed by atoms with Crippen LogP contribution in [0.5, 0.6) is 0 Å². The van der Waals surface area contributed by atoms with E-state index in [1.54, 1.807) is 11.8 Å². The normalized spacial score (nSPS) is 23.2. The predicted molar refractivity (Wildman–Crippen MR) is 71.9 cm³/mol. The van der Waals surface area contributed by atoms with Gasteiger partial charge in [-0.3, -0.25) is 10.1 Å². The lowest BCUT2D eigenvalue weighted by atomic mass is 10.2. The molecule has 0 aliphatic carbocycles. The molecule has 3 N–H and O–H groups in total. The van der Waals surface area contributed by atoms with Crippen LogP contribution in [0.15, 0.2) is 4.34 Å². The lowest BCUT2D eigenvalue weighted by Crippen LogP contribution is -2.29. The third kappa shape index (κ3) is 3.41. The second-order valence-electron chi connectivity index (χ2n) is 3.86. The highest BCUT2D eigenvalue weighted by molar-refractivity contribution is 8.01. The molecule has 1 aliphatic rings. The van der Waals surface area contributed by atoms with Gasteiger partial charge < -0.3 is 10.5 Å². The number of rotatable bonds is 5. The van der Waals surface area contributed by atoms with E-state index in [4.69, 9.17) is 10.5 Å². The van der Waals surface area contributed by atoms with Gasteiger partial charge in [0.1, 0.15) is 6.10 Å². The molecule has 0 saturated carbocycles. The first-order chi connectivity index (χ1) is 8.72. The van der Waals surface area contributed by atoms with Gasteiger partial charge in [0.15, 0.2) is 4.34 Å². The number of anilines is 1. The van der Waals surface area contributed by atoms with E-state index < -0.39 is 6.10 Å². The average Bonchev–Trinajstić information content (AvgIpc) is 2.98. The van der Waals surface area contributed by atoms with Gasteiger partial charge in [0.05, 0.1) is 6.10 Å². The molecule has 0 unspecified atom stereocenters. The molecular weight excluding hydrogens is 272 g/mol. The Morgan fingerprint density at radius 2 is 2.44 bits per heavy atom. The lowest BCUT2D eigenvalue weighted by Gasteiger charge is -2.10. The highest BCUT2D eigenvalue weighted by Gasteiger charge is 2.30. The van der Waals surface area contributed by atoms with Crippen molar-refractivity contribution < 1.29 is 9.53 Å². The summed E-state index contributed by atoms with van der Waals surface area (Å²) in [7, 11) is 0. The van der Waals surface area contributed by atoms with Crippen LogP contribution < -0.4 is 11.1 Å². The number of ether oxygens (including phenoxy) is 1. The van der Waals surface area contributed by atoms with Gasteiger partial charge in [-0.2, -0.15) is 0 Å². The zero-order valence-electron chi connectivity index (χ0n) is 10.1. The van der Waals surface area contributed by atoms with Crippen LogP contribution in [0.3, 0.4) is 0 Å². The summed E-state index contributed by atoms with van der Waals surface area (Å²) in [6.45, 7) is 2.50. The van der Waals surface area contributed by atoms with Crippen LogP contribution >= 0.6 is 23.1 Å². The molecule has 1 saturated heterocycles. The quantitative estimate of drug-likeness (QED) is 0.623. The zero-order chi connectivity index (χ0) is 13.0. The minimum atomic E-state index is -0.412. The molecule has 6 nitrogen and oxygen atoms in total. The van der Waals surface area contributed by atoms with E-state index in [2.05, 4.69) is 15.5 Å². The van der Waals surface area contributed by atoms with Crippen molar-refractivity contribution in [1.82, 2.24) is 10.2 Å². The molecule has 0 aromatic carbocycles. The number of nitrogens with zero attached hydrogens (tertiary/aromatic N) is 2. The predicted octanol–water partition coefficient (Wildman–Crippen LogP) is 1.09. The summed E-state index contributed by atoms with van der Waals surface area (Å²) in [5.74, 6) is 0.780. The number of thioether (sulfide) groups is 1. The summed E-state index contributed by atoms with van der Waals surface area (Å²) >= 11 is 2.98. The monoisotopic (exact) mass is 288 g/mol. The van der Waals surface area contributed by atoms with Crippen molar-refractivity contribution >= 4 is 34.1 Å². The van der Waals surface area contributed by atoms with E-state index in [1.165, 1.54) is 11.3 Å². The lowest BCUT2D eigenvalue weighted by molar-refractivity contribution is -0.126. The molecular formula is C10H16N4O2S2. The number of nitrogens with one attached hydrogen (secondary N) is 1. The molecule has 8 heteroatoms. The van der Waals surface area contributed by atoms with Crippen molar-refractivity contribution in [2.45, 2.75) is 36.3 Å². The summed E-state index contributed by atoms with van der Waals surface area (Å²) in [6.07, 6.45) is 1.14. The summed E-state index contributed by atoms with van der Waals surface area (Å²) in [6, 6.07) is 0. The van der Waals surface area contributed by atoms with Crippen LogP contribution in [0.25, 0.3) is 0 Å². The molecule has 1 aliphatic heterocycles. The van der Waals surface area contributed by atoms with E-state index in [0.29, 0.717) is 18.1 Å². The Labute approximate surface area is 114 Å². The fourth-order valence-corrected chi connectivity index (χ4v) is 3.35. The topological polar surface area (TPSA) is 90.1 Å². The Kier molecular flexibility index (Phi) is 4.93. The van der Waals surface area contributed by atoms with E-state index in [0.717, 1.165) is 16.5 Å². The molecule has 0 spiro atoms. The first kappa shape index (κ1) is 13.7.